The molecular weight excluding hydrogens is 184 g/mol. The topological polar surface area (TPSA) is 26.0 Å². The van der Waals surface area contributed by atoms with E-state index in [2.05, 4.69) is 0 Å². The van der Waals surface area contributed by atoms with Gasteiger partial charge in [0.15, 0.2) is 0 Å². The Balaban J connectivity index is 2.91. The maximum absolute atomic E-state index is 12.9. The third-order valence-corrected chi connectivity index (χ3v) is 2.28. The molecule has 78 valence electrons. The van der Waals surface area contributed by atoms with Crippen LogP contribution >= 0.6 is 0 Å². The van der Waals surface area contributed by atoms with Gasteiger partial charge in [0.2, 0.25) is 0 Å². The van der Waals surface area contributed by atoms with Crippen molar-refractivity contribution in [2.75, 3.05) is 6.54 Å². The number of benzene rings is 1. The molecule has 1 aromatic carbocycles. The van der Waals surface area contributed by atoms with Crippen LogP contribution in [0.15, 0.2) is 18.2 Å². The molecule has 0 aromatic heterocycles. The summed E-state index contributed by atoms with van der Waals surface area (Å²) in [5.41, 5.74) is 6.21. The molecule has 0 fully saturated rings. The Morgan fingerprint density at radius 3 is 2.21 bits per heavy atom. The van der Waals surface area contributed by atoms with Gasteiger partial charge >= 0.3 is 0 Å². The Morgan fingerprint density at radius 2 is 1.79 bits per heavy atom. The lowest BCUT2D eigenvalue weighted by atomic mass is 9.94. The summed E-state index contributed by atoms with van der Waals surface area (Å²) in [6.45, 7) is 2.45. The summed E-state index contributed by atoms with van der Waals surface area (Å²) in [4.78, 5) is 0. The van der Waals surface area contributed by atoms with Gasteiger partial charge in [-0.1, -0.05) is 13.3 Å². The van der Waals surface area contributed by atoms with Crippen molar-refractivity contribution in [3.05, 3.63) is 35.4 Å². The molecule has 0 aliphatic heterocycles. The highest BCUT2D eigenvalue weighted by molar-refractivity contribution is 5.22. The minimum absolute atomic E-state index is 0.0604. The zero-order valence-corrected chi connectivity index (χ0v) is 8.26. The number of hydrogen-bond acceptors (Lipinski definition) is 1. The summed E-state index contributed by atoms with van der Waals surface area (Å²) in [5, 5.41) is 0. The van der Waals surface area contributed by atoms with Crippen molar-refractivity contribution in [1.82, 2.24) is 0 Å². The lowest BCUT2D eigenvalue weighted by Crippen LogP contribution is -2.12. The van der Waals surface area contributed by atoms with E-state index in [1.807, 2.05) is 6.92 Å². The van der Waals surface area contributed by atoms with Crippen LogP contribution in [-0.2, 0) is 0 Å². The maximum Gasteiger partial charge on any atom is 0.126 e. The Bertz CT molecular complexity index is 279. The van der Waals surface area contributed by atoms with Crippen LogP contribution in [-0.4, -0.2) is 6.54 Å². The Labute approximate surface area is 82.9 Å². The first-order valence-corrected chi connectivity index (χ1v) is 4.83. The van der Waals surface area contributed by atoms with Gasteiger partial charge in [-0.05, 0) is 36.6 Å². The first kappa shape index (κ1) is 11.1. The number of rotatable bonds is 4. The van der Waals surface area contributed by atoms with E-state index in [4.69, 9.17) is 5.73 Å². The van der Waals surface area contributed by atoms with E-state index >= 15 is 0 Å². The molecule has 0 heterocycles. The zero-order valence-electron chi connectivity index (χ0n) is 8.26. The van der Waals surface area contributed by atoms with Crippen molar-refractivity contribution >= 4 is 0 Å². The molecule has 14 heavy (non-hydrogen) atoms. The fourth-order valence-electron chi connectivity index (χ4n) is 1.58. The molecule has 1 atom stereocenters. The van der Waals surface area contributed by atoms with Gasteiger partial charge in [-0.15, -0.1) is 0 Å². The van der Waals surface area contributed by atoms with Gasteiger partial charge in [-0.2, -0.15) is 0 Å². The van der Waals surface area contributed by atoms with Gasteiger partial charge < -0.3 is 5.73 Å². The second-order valence-electron chi connectivity index (χ2n) is 3.42. The first-order valence-electron chi connectivity index (χ1n) is 4.83. The smallest absolute Gasteiger partial charge is 0.126 e. The number of nitrogens with two attached hydrogens (primary N) is 1. The predicted octanol–water partition coefficient (Wildman–Crippen LogP) is 2.81. The summed E-state index contributed by atoms with van der Waals surface area (Å²) < 4.78 is 25.8. The quantitative estimate of drug-likeness (QED) is 0.792. The average molecular weight is 199 g/mol. The van der Waals surface area contributed by atoms with Crippen LogP contribution in [0.5, 0.6) is 0 Å². The molecule has 0 saturated heterocycles. The molecule has 0 aliphatic rings. The van der Waals surface area contributed by atoms with Crippen LogP contribution in [0.4, 0.5) is 8.78 Å². The second kappa shape index (κ2) is 5.05. The van der Waals surface area contributed by atoms with E-state index < -0.39 is 11.6 Å². The van der Waals surface area contributed by atoms with Crippen LogP contribution < -0.4 is 5.73 Å². The summed E-state index contributed by atoms with van der Waals surface area (Å²) >= 11 is 0. The third kappa shape index (κ3) is 2.77. The van der Waals surface area contributed by atoms with Gasteiger partial charge in [0.05, 0.1) is 0 Å². The summed E-state index contributed by atoms with van der Waals surface area (Å²) in [7, 11) is 0. The van der Waals surface area contributed by atoms with Gasteiger partial charge in [-0.25, -0.2) is 8.78 Å². The highest BCUT2D eigenvalue weighted by Crippen LogP contribution is 2.21. The van der Waals surface area contributed by atoms with Crippen molar-refractivity contribution in [2.24, 2.45) is 5.73 Å². The molecule has 1 unspecified atom stereocenters. The molecule has 0 radical (unpaired) electrons. The van der Waals surface area contributed by atoms with E-state index in [1.165, 1.54) is 12.1 Å². The number of hydrogen-bond donors (Lipinski definition) is 1. The zero-order chi connectivity index (χ0) is 10.6. The molecule has 0 aliphatic carbocycles. The fourth-order valence-corrected chi connectivity index (χ4v) is 1.58. The molecule has 0 saturated carbocycles. The van der Waals surface area contributed by atoms with E-state index in [0.29, 0.717) is 12.1 Å². The van der Waals surface area contributed by atoms with E-state index in [9.17, 15) is 8.78 Å². The largest absolute Gasteiger partial charge is 0.330 e. The van der Waals surface area contributed by atoms with Crippen LogP contribution in [0.2, 0.25) is 0 Å². The minimum atomic E-state index is -0.533. The van der Waals surface area contributed by atoms with Crippen molar-refractivity contribution < 1.29 is 8.78 Å². The molecule has 1 nitrogen and oxygen atoms in total. The monoisotopic (exact) mass is 199 g/mol. The van der Waals surface area contributed by atoms with Gasteiger partial charge in [0, 0.05) is 6.07 Å². The first-order chi connectivity index (χ1) is 6.67. The molecule has 0 bridgehead atoms. The molecule has 0 spiro atoms. The number of halogens is 2. The summed E-state index contributed by atoms with van der Waals surface area (Å²) in [5.74, 6) is -1.01. The maximum atomic E-state index is 12.9. The average Bonchev–Trinajstić information content (AvgIpc) is 2.12. The SMILES string of the molecule is CCCC(CN)c1cc(F)cc(F)c1. The van der Waals surface area contributed by atoms with Crippen molar-refractivity contribution in [2.45, 2.75) is 25.7 Å². The highest BCUT2D eigenvalue weighted by Gasteiger charge is 2.10. The van der Waals surface area contributed by atoms with Gasteiger partial charge in [-0.3, -0.25) is 0 Å². The lowest BCUT2D eigenvalue weighted by Gasteiger charge is -2.14. The summed E-state index contributed by atoms with van der Waals surface area (Å²) in [6.07, 6.45) is 1.82. The van der Waals surface area contributed by atoms with Crippen LogP contribution in [0.1, 0.15) is 31.2 Å². The van der Waals surface area contributed by atoms with Crippen molar-refractivity contribution in [1.29, 1.82) is 0 Å². The third-order valence-electron chi connectivity index (χ3n) is 2.28. The fraction of sp³-hybridized carbons (Fsp3) is 0.455. The minimum Gasteiger partial charge on any atom is -0.330 e. The Morgan fingerprint density at radius 1 is 1.21 bits per heavy atom. The molecular formula is C11H15F2N. The lowest BCUT2D eigenvalue weighted by molar-refractivity contribution is 0.563. The Hall–Kier alpha value is -0.960. The van der Waals surface area contributed by atoms with E-state index in [0.717, 1.165) is 18.9 Å². The van der Waals surface area contributed by atoms with Crippen molar-refractivity contribution in [3.8, 4) is 0 Å². The molecule has 2 N–H and O–H groups in total. The predicted molar refractivity (Wildman–Crippen MR) is 53.1 cm³/mol. The van der Waals surface area contributed by atoms with Crippen molar-refractivity contribution in [3.63, 3.8) is 0 Å². The standard InChI is InChI=1S/C11H15F2N/c1-2-3-8(7-14)9-4-10(12)6-11(13)5-9/h4-6,8H,2-3,7,14H2,1H3. The van der Waals surface area contributed by atoms with Crippen LogP contribution in [0.25, 0.3) is 0 Å². The normalized spacial score (nSPS) is 12.9. The molecule has 1 rings (SSSR count). The van der Waals surface area contributed by atoms with E-state index in [-0.39, 0.29) is 5.92 Å². The van der Waals surface area contributed by atoms with E-state index in [1.54, 1.807) is 0 Å². The highest BCUT2D eigenvalue weighted by atomic mass is 19.1. The van der Waals surface area contributed by atoms with Gasteiger partial charge in [0.1, 0.15) is 11.6 Å². The van der Waals surface area contributed by atoms with Crippen LogP contribution in [0.3, 0.4) is 0 Å². The Kier molecular flexibility index (Phi) is 4.01. The second-order valence-corrected chi connectivity index (χ2v) is 3.42. The summed E-state index contributed by atoms with van der Waals surface area (Å²) in [6, 6.07) is 3.59. The molecule has 1 aromatic rings. The molecule has 0 amide bonds. The molecule has 3 heteroatoms. The van der Waals surface area contributed by atoms with Gasteiger partial charge in [0.25, 0.3) is 0 Å². The van der Waals surface area contributed by atoms with Crippen LogP contribution in [0, 0.1) is 11.6 Å².